The number of amides is 1. The van der Waals surface area contributed by atoms with Crippen molar-refractivity contribution < 1.29 is 31.2 Å². The average Bonchev–Trinajstić information content (AvgIpc) is 3.40. The van der Waals surface area contributed by atoms with Gasteiger partial charge in [-0.05, 0) is 49.2 Å². The van der Waals surface area contributed by atoms with E-state index in [1.54, 1.807) is 13.8 Å². The van der Waals surface area contributed by atoms with Crippen molar-refractivity contribution in [1.29, 1.82) is 0 Å². The lowest BCUT2D eigenvalue weighted by atomic mass is 10.2. The number of anilines is 1. The van der Waals surface area contributed by atoms with E-state index in [1.807, 2.05) is 0 Å². The van der Waals surface area contributed by atoms with E-state index in [1.165, 1.54) is 38.9 Å². The molecule has 1 N–H and O–H groups in total. The number of esters is 1. The van der Waals surface area contributed by atoms with E-state index in [0.29, 0.717) is 13.1 Å². The molecule has 3 rings (SSSR count). The summed E-state index contributed by atoms with van der Waals surface area (Å²) in [5, 5.41) is 2.49. The highest BCUT2D eigenvalue weighted by molar-refractivity contribution is 7.89. The monoisotopic (exact) mass is 591 g/mol. The van der Waals surface area contributed by atoms with Crippen LogP contribution in [-0.2, 0) is 29.6 Å². The van der Waals surface area contributed by atoms with Crippen LogP contribution in [0, 0.1) is 0 Å². The van der Waals surface area contributed by atoms with Crippen molar-refractivity contribution in [2.24, 2.45) is 0 Å². The van der Waals surface area contributed by atoms with Crippen molar-refractivity contribution in [2.75, 3.05) is 38.1 Å². The summed E-state index contributed by atoms with van der Waals surface area (Å²) >= 11 is 12.2. The maximum Gasteiger partial charge on any atom is 0.338 e. The maximum atomic E-state index is 12.9. The number of nitrogens with zero attached hydrogens (tertiary/aromatic N) is 2. The van der Waals surface area contributed by atoms with Gasteiger partial charge >= 0.3 is 5.97 Å². The van der Waals surface area contributed by atoms with E-state index >= 15 is 0 Å². The fourth-order valence-electron chi connectivity index (χ4n) is 3.77. The molecule has 1 saturated heterocycles. The van der Waals surface area contributed by atoms with Crippen LogP contribution in [0.2, 0.25) is 10.0 Å². The van der Waals surface area contributed by atoms with Crippen molar-refractivity contribution in [1.82, 2.24) is 8.61 Å². The molecule has 2 aromatic rings. The minimum absolute atomic E-state index is 0.0291. The fourth-order valence-corrected chi connectivity index (χ4v) is 7.44. The predicted molar refractivity (Wildman–Crippen MR) is 140 cm³/mol. The average molecular weight is 593 g/mol. The van der Waals surface area contributed by atoms with Gasteiger partial charge in [-0.25, -0.2) is 21.6 Å². The Morgan fingerprint density at radius 3 is 2.22 bits per heavy atom. The molecule has 0 radical (unpaired) electrons. The summed E-state index contributed by atoms with van der Waals surface area (Å²) in [7, 11) is -7.67. The van der Waals surface area contributed by atoms with Gasteiger partial charge in [0.2, 0.25) is 20.0 Å². The molecule has 1 aliphatic rings. The van der Waals surface area contributed by atoms with Crippen LogP contribution in [0.4, 0.5) is 5.69 Å². The van der Waals surface area contributed by atoms with Gasteiger partial charge in [-0.1, -0.05) is 37.0 Å². The van der Waals surface area contributed by atoms with Gasteiger partial charge in [0, 0.05) is 26.2 Å². The Morgan fingerprint density at radius 2 is 1.59 bits per heavy atom. The first-order chi connectivity index (χ1) is 17.4. The standard InChI is InChI=1S/C23H27Cl2N3O7S2/c1-3-27(4-2)36(31,32)17-8-10-18(24)20(14-17)26-22(29)15-35-23(30)16-7-9-19(25)21(13-16)37(33,34)28-11-5-6-12-28/h7-10,13-14H,3-6,11-12,15H2,1-2H3,(H,26,29). The summed E-state index contributed by atoms with van der Waals surface area (Å²) in [6, 6.07) is 7.60. The molecule has 0 aromatic heterocycles. The molecule has 1 amide bonds. The van der Waals surface area contributed by atoms with Gasteiger partial charge in [0.05, 0.1) is 26.2 Å². The third-order valence-electron chi connectivity index (χ3n) is 5.74. The molecule has 0 atom stereocenters. The number of hydrogen-bond acceptors (Lipinski definition) is 7. The Labute approximate surface area is 226 Å². The molecule has 37 heavy (non-hydrogen) atoms. The summed E-state index contributed by atoms with van der Waals surface area (Å²) in [5.74, 6) is -1.71. The van der Waals surface area contributed by atoms with Crippen LogP contribution < -0.4 is 5.32 Å². The Balaban J connectivity index is 1.70. The van der Waals surface area contributed by atoms with Crippen LogP contribution in [0.3, 0.4) is 0 Å². The van der Waals surface area contributed by atoms with Gasteiger partial charge < -0.3 is 10.1 Å². The second kappa shape index (κ2) is 12.1. The van der Waals surface area contributed by atoms with E-state index in [2.05, 4.69) is 5.32 Å². The minimum Gasteiger partial charge on any atom is -0.452 e. The van der Waals surface area contributed by atoms with Crippen molar-refractivity contribution in [3.05, 3.63) is 52.0 Å². The molecular weight excluding hydrogens is 565 g/mol. The first-order valence-electron chi connectivity index (χ1n) is 11.5. The number of nitrogens with one attached hydrogen (secondary N) is 1. The summed E-state index contributed by atoms with van der Waals surface area (Å²) < 4.78 is 58.9. The molecule has 1 aliphatic heterocycles. The molecule has 0 saturated carbocycles. The third kappa shape index (κ3) is 6.62. The molecule has 0 bridgehead atoms. The van der Waals surface area contributed by atoms with Gasteiger partial charge in [0.25, 0.3) is 5.91 Å². The van der Waals surface area contributed by atoms with Crippen LogP contribution in [-0.4, -0.2) is 70.1 Å². The summed E-state index contributed by atoms with van der Waals surface area (Å²) in [4.78, 5) is 24.7. The van der Waals surface area contributed by atoms with E-state index in [4.69, 9.17) is 27.9 Å². The molecular formula is C23H27Cl2N3O7S2. The quantitative estimate of drug-likeness (QED) is 0.418. The lowest BCUT2D eigenvalue weighted by molar-refractivity contribution is -0.119. The molecule has 1 fully saturated rings. The van der Waals surface area contributed by atoms with Gasteiger partial charge in [-0.15, -0.1) is 0 Å². The van der Waals surface area contributed by atoms with Gasteiger partial charge in [0.1, 0.15) is 4.90 Å². The Kier molecular flexibility index (Phi) is 9.59. The number of ether oxygens (including phenoxy) is 1. The van der Waals surface area contributed by atoms with Crippen molar-refractivity contribution >= 4 is 60.8 Å². The van der Waals surface area contributed by atoms with Gasteiger partial charge in [-0.2, -0.15) is 8.61 Å². The van der Waals surface area contributed by atoms with Gasteiger partial charge in [-0.3, -0.25) is 4.79 Å². The third-order valence-corrected chi connectivity index (χ3v) is 10.5. The van der Waals surface area contributed by atoms with E-state index in [9.17, 15) is 26.4 Å². The smallest absolute Gasteiger partial charge is 0.338 e. The number of halogens is 2. The summed E-state index contributed by atoms with van der Waals surface area (Å²) in [5.41, 5.74) is -0.0678. The summed E-state index contributed by atoms with van der Waals surface area (Å²) in [6.45, 7) is 3.97. The van der Waals surface area contributed by atoms with Crippen molar-refractivity contribution in [3.8, 4) is 0 Å². The van der Waals surface area contributed by atoms with E-state index in [0.717, 1.165) is 18.9 Å². The fraction of sp³-hybridized carbons (Fsp3) is 0.391. The van der Waals surface area contributed by atoms with Crippen LogP contribution in [0.25, 0.3) is 0 Å². The highest BCUT2D eigenvalue weighted by Crippen LogP contribution is 2.29. The van der Waals surface area contributed by atoms with Crippen LogP contribution in [0.15, 0.2) is 46.2 Å². The van der Waals surface area contributed by atoms with Crippen LogP contribution in [0.1, 0.15) is 37.0 Å². The molecule has 10 nitrogen and oxygen atoms in total. The Bertz CT molecular complexity index is 1390. The highest BCUT2D eigenvalue weighted by atomic mass is 35.5. The van der Waals surface area contributed by atoms with Crippen LogP contribution >= 0.6 is 23.2 Å². The Morgan fingerprint density at radius 1 is 0.973 bits per heavy atom. The van der Waals surface area contributed by atoms with E-state index < -0.39 is 38.5 Å². The molecule has 0 aliphatic carbocycles. The molecule has 202 valence electrons. The zero-order valence-electron chi connectivity index (χ0n) is 20.2. The SMILES string of the molecule is CCN(CC)S(=O)(=O)c1ccc(Cl)c(NC(=O)COC(=O)c2ccc(Cl)c(S(=O)(=O)N3CCCC3)c2)c1. The normalized spacial score (nSPS) is 14.6. The minimum atomic E-state index is -3.88. The van der Waals surface area contributed by atoms with E-state index in [-0.39, 0.29) is 44.2 Å². The predicted octanol–water partition coefficient (Wildman–Crippen LogP) is 3.60. The molecule has 1 heterocycles. The lowest BCUT2D eigenvalue weighted by Crippen LogP contribution is -2.30. The number of hydrogen-bond donors (Lipinski definition) is 1. The zero-order valence-corrected chi connectivity index (χ0v) is 23.4. The second-order valence-corrected chi connectivity index (χ2v) is 12.8. The zero-order chi connectivity index (χ0) is 27.4. The van der Waals surface area contributed by atoms with Crippen molar-refractivity contribution in [2.45, 2.75) is 36.5 Å². The number of carbonyl (C=O) groups is 2. The second-order valence-electron chi connectivity index (χ2n) is 8.11. The summed E-state index contributed by atoms with van der Waals surface area (Å²) in [6.07, 6.45) is 1.48. The number of rotatable bonds is 10. The topological polar surface area (TPSA) is 130 Å². The first kappa shape index (κ1) is 29.3. The lowest BCUT2D eigenvalue weighted by Gasteiger charge is -2.19. The molecule has 0 unspecified atom stereocenters. The largest absolute Gasteiger partial charge is 0.452 e. The number of benzene rings is 2. The molecule has 0 spiro atoms. The number of carbonyl (C=O) groups excluding carboxylic acids is 2. The highest BCUT2D eigenvalue weighted by Gasteiger charge is 2.30. The Hall–Kier alpha value is -2.22. The molecule has 2 aromatic carbocycles. The first-order valence-corrected chi connectivity index (χ1v) is 15.1. The van der Waals surface area contributed by atoms with Gasteiger partial charge in [0.15, 0.2) is 6.61 Å². The van der Waals surface area contributed by atoms with Crippen LogP contribution in [0.5, 0.6) is 0 Å². The van der Waals surface area contributed by atoms with Crippen molar-refractivity contribution in [3.63, 3.8) is 0 Å². The maximum absolute atomic E-state index is 12.9. The number of sulfonamides is 2. The molecule has 14 heteroatoms.